The zero-order chi connectivity index (χ0) is 11.7. The summed E-state index contributed by atoms with van der Waals surface area (Å²) >= 11 is 0. The van der Waals surface area contributed by atoms with E-state index >= 15 is 0 Å². The van der Waals surface area contributed by atoms with E-state index in [0.29, 0.717) is 0 Å². The maximum Gasteiger partial charge on any atom is 0.319 e. The van der Waals surface area contributed by atoms with Crippen LogP contribution >= 0.6 is 0 Å². The topological polar surface area (TPSA) is 76.7 Å². The maximum atomic E-state index is 10.8. The number of nitrogens with one attached hydrogen (secondary N) is 2. The van der Waals surface area contributed by atoms with E-state index in [1.165, 1.54) is 14.2 Å². The molecule has 88 valence electrons. The highest BCUT2D eigenvalue weighted by Crippen LogP contribution is 1.86. The molecule has 0 saturated heterocycles. The van der Waals surface area contributed by atoms with Crippen molar-refractivity contribution >= 4 is 11.9 Å². The molecule has 0 aromatic carbocycles. The zero-order valence-electron chi connectivity index (χ0n) is 9.33. The predicted molar refractivity (Wildman–Crippen MR) is 54.1 cm³/mol. The molecule has 0 fully saturated rings. The number of esters is 2. The van der Waals surface area contributed by atoms with E-state index in [1.54, 1.807) is 0 Å². The normalized spacial score (nSPS) is 10.1. The van der Waals surface area contributed by atoms with Crippen LogP contribution in [-0.2, 0) is 19.1 Å². The lowest BCUT2D eigenvalue weighted by atomic mass is 10.3. The van der Waals surface area contributed by atoms with Crippen LogP contribution in [0.15, 0.2) is 0 Å². The van der Waals surface area contributed by atoms with Gasteiger partial charge in [-0.25, -0.2) is 0 Å². The molecule has 0 aliphatic rings. The molecule has 0 aliphatic heterocycles. The monoisotopic (exact) mass is 218 g/mol. The van der Waals surface area contributed by atoms with Gasteiger partial charge in [0.25, 0.3) is 0 Å². The van der Waals surface area contributed by atoms with Gasteiger partial charge in [-0.2, -0.15) is 0 Å². The summed E-state index contributed by atoms with van der Waals surface area (Å²) in [6, 6.07) is 0. The average Bonchev–Trinajstić information content (AvgIpc) is 2.28. The summed E-state index contributed by atoms with van der Waals surface area (Å²) in [5, 5.41) is 5.81. The van der Waals surface area contributed by atoms with Crippen molar-refractivity contribution in [3.63, 3.8) is 0 Å². The minimum absolute atomic E-state index is 0.108. The number of carbonyl (C=O) groups excluding carboxylic acids is 2. The Morgan fingerprint density at radius 2 is 1.47 bits per heavy atom. The third-order valence-corrected chi connectivity index (χ3v) is 1.85. The molecule has 0 aromatic heterocycles. The van der Waals surface area contributed by atoms with Gasteiger partial charge in [-0.15, -0.1) is 0 Å². The van der Waals surface area contributed by atoms with Crippen molar-refractivity contribution in [3.8, 4) is 0 Å². The Hall–Kier alpha value is -1.14. The average molecular weight is 218 g/mol. The van der Waals surface area contributed by atoms with Gasteiger partial charge in [0.05, 0.1) is 33.5 Å². The van der Waals surface area contributed by atoms with E-state index < -0.39 is 0 Å². The van der Waals surface area contributed by atoms with Gasteiger partial charge in [0.15, 0.2) is 0 Å². The fourth-order valence-corrected chi connectivity index (χ4v) is 0.918. The molecule has 0 heterocycles. The largest absolute Gasteiger partial charge is 0.468 e. The highest BCUT2D eigenvalue weighted by molar-refractivity contribution is 5.72. The zero-order valence-corrected chi connectivity index (χ0v) is 9.33. The van der Waals surface area contributed by atoms with Crippen LogP contribution in [0.3, 0.4) is 0 Å². The SMILES string of the molecule is CCC(NCC(=O)OC)NCC(=O)OC. The predicted octanol–water partition coefficient (Wildman–Crippen LogP) is -0.752. The highest BCUT2D eigenvalue weighted by Gasteiger charge is 2.09. The Kier molecular flexibility index (Phi) is 7.57. The molecule has 0 saturated carbocycles. The van der Waals surface area contributed by atoms with E-state index in [2.05, 4.69) is 20.1 Å². The van der Waals surface area contributed by atoms with Gasteiger partial charge in [-0.3, -0.25) is 20.2 Å². The van der Waals surface area contributed by atoms with E-state index in [-0.39, 0.29) is 31.2 Å². The van der Waals surface area contributed by atoms with Crippen molar-refractivity contribution in [1.82, 2.24) is 10.6 Å². The van der Waals surface area contributed by atoms with Gasteiger partial charge < -0.3 is 9.47 Å². The first kappa shape index (κ1) is 13.9. The van der Waals surface area contributed by atoms with E-state index in [4.69, 9.17) is 0 Å². The van der Waals surface area contributed by atoms with E-state index in [0.717, 1.165) is 6.42 Å². The van der Waals surface area contributed by atoms with Crippen LogP contribution in [0.2, 0.25) is 0 Å². The third-order valence-electron chi connectivity index (χ3n) is 1.85. The number of hydrogen-bond acceptors (Lipinski definition) is 6. The molecule has 0 radical (unpaired) electrons. The van der Waals surface area contributed by atoms with Gasteiger partial charge in [0, 0.05) is 0 Å². The molecule has 0 aromatic rings. The Morgan fingerprint density at radius 1 is 1.07 bits per heavy atom. The van der Waals surface area contributed by atoms with Gasteiger partial charge in [-0.05, 0) is 6.42 Å². The molecule has 0 unspecified atom stereocenters. The molecule has 15 heavy (non-hydrogen) atoms. The second kappa shape index (κ2) is 8.19. The first-order valence-electron chi connectivity index (χ1n) is 4.74. The lowest BCUT2D eigenvalue weighted by Crippen LogP contribution is -2.46. The quantitative estimate of drug-likeness (QED) is 0.432. The van der Waals surface area contributed by atoms with Gasteiger partial charge in [-0.1, -0.05) is 6.92 Å². The molecule has 0 atom stereocenters. The molecule has 0 amide bonds. The second-order valence-corrected chi connectivity index (χ2v) is 2.87. The smallest absolute Gasteiger partial charge is 0.319 e. The lowest BCUT2D eigenvalue weighted by molar-refractivity contribution is -0.139. The minimum atomic E-state index is -0.340. The van der Waals surface area contributed by atoms with Crippen molar-refractivity contribution in [2.24, 2.45) is 0 Å². The molecule has 0 bridgehead atoms. The van der Waals surface area contributed by atoms with Crippen LogP contribution in [-0.4, -0.2) is 45.4 Å². The number of carbonyl (C=O) groups is 2. The first-order chi connectivity index (χ1) is 7.13. The molecule has 0 spiro atoms. The number of hydrogen-bond donors (Lipinski definition) is 2. The van der Waals surface area contributed by atoms with Crippen LogP contribution in [0.1, 0.15) is 13.3 Å². The standard InChI is InChI=1S/C9H18N2O4/c1-4-7(10-5-8(12)14-2)11-6-9(13)15-3/h7,10-11H,4-6H2,1-3H3. The summed E-state index contributed by atoms with van der Waals surface area (Å²) in [5.74, 6) is -0.679. The van der Waals surface area contributed by atoms with Gasteiger partial charge >= 0.3 is 11.9 Å². The van der Waals surface area contributed by atoms with Gasteiger partial charge in [0.1, 0.15) is 0 Å². The fourth-order valence-electron chi connectivity index (χ4n) is 0.918. The molecular formula is C9H18N2O4. The van der Waals surface area contributed by atoms with Crippen molar-refractivity contribution in [2.45, 2.75) is 19.5 Å². The van der Waals surface area contributed by atoms with Crippen LogP contribution in [0.25, 0.3) is 0 Å². The van der Waals surface area contributed by atoms with E-state index in [9.17, 15) is 9.59 Å². The Labute approximate surface area is 89.3 Å². The second-order valence-electron chi connectivity index (χ2n) is 2.87. The fraction of sp³-hybridized carbons (Fsp3) is 0.778. The van der Waals surface area contributed by atoms with Crippen molar-refractivity contribution in [3.05, 3.63) is 0 Å². The molecule has 6 heteroatoms. The molecule has 6 nitrogen and oxygen atoms in total. The summed E-state index contributed by atoms with van der Waals surface area (Å²) in [5.41, 5.74) is 0. The maximum absolute atomic E-state index is 10.8. The Balaban J connectivity index is 3.73. The Morgan fingerprint density at radius 3 is 1.73 bits per heavy atom. The first-order valence-corrected chi connectivity index (χ1v) is 4.74. The third kappa shape index (κ3) is 6.87. The minimum Gasteiger partial charge on any atom is -0.468 e. The summed E-state index contributed by atoms with van der Waals surface area (Å²) in [7, 11) is 2.65. The Bertz CT molecular complexity index is 188. The van der Waals surface area contributed by atoms with Crippen molar-refractivity contribution in [2.75, 3.05) is 27.3 Å². The van der Waals surface area contributed by atoms with Gasteiger partial charge in [0.2, 0.25) is 0 Å². The van der Waals surface area contributed by atoms with Crippen LogP contribution in [0, 0.1) is 0 Å². The number of rotatable bonds is 7. The molecule has 0 aliphatic carbocycles. The highest BCUT2D eigenvalue weighted by atomic mass is 16.5. The lowest BCUT2D eigenvalue weighted by Gasteiger charge is -2.16. The molecule has 2 N–H and O–H groups in total. The molecule has 0 rings (SSSR count). The number of methoxy groups -OCH3 is 2. The van der Waals surface area contributed by atoms with Crippen molar-refractivity contribution in [1.29, 1.82) is 0 Å². The summed E-state index contributed by atoms with van der Waals surface area (Å²) in [4.78, 5) is 21.6. The van der Waals surface area contributed by atoms with E-state index in [1.807, 2.05) is 6.92 Å². The summed E-state index contributed by atoms with van der Waals surface area (Å²) in [6.45, 7) is 2.16. The number of ether oxygens (including phenoxy) is 2. The van der Waals surface area contributed by atoms with Crippen LogP contribution in [0.5, 0.6) is 0 Å². The molecular weight excluding hydrogens is 200 g/mol. The van der Waals surface area contributed by atoms with Crippen LogP contribution in [0.4, 0.5) is 0 Å². The van der Waals surface area contributed by atoms with Crippen molar-refractivity contribution < 1.29 is 19.1 Å². The summed E-state index contributed by atoms with van der Waals surface area (Å²) < 4.78 is 8.94. The summed E-state index contributed by atoms with van der Waals surface area (Å²) in [6.07, 6.45) is 0.636. The van der Waals surface area contributed by atoms with Crippen LogP contribution < -0.4 is 10.6 Å².